The van der Waals surface area contributed by atoms with E-state index < -0.39 is 0 Å². The molecule has 0 bridgehead atoms. The molecule has 6 nitrogen and oxygen atoms in total. The predicted octanol–water partition coefficient (Wildman–Crippen LogP) is 2.72. The fraction of sp³-hybridized carbons (Fsp3) is 0.611. The summed E-state index contributed by atoms with van der Waals surface area (Å²) in [6.07, 6.45) is 0. The summed E-state index contributed by atoms with van der Waals surface area (Å²) in [6, 6.07) is 5.78. The zero-order valence-corrected chi connectivity index (χ0v) is 18.8. The maximum Gasteiger partial charge on any atom is 0.191 e. The number of hydrogen-bond acceptors (Lipinski definition) is 4. The van der Waals surface area contributed by atoms with Crippen LogP contribution in [0.4, 0.5) is 0 Å². The third-order valence-electron chi connectivity index (χ3n) is 4.15. The Balaban J connectivity index is 0.00000576. The molecule has 0 saturated heterocycles. The minimum absolute atomic E-state index is 0. The average molecular weight is 464 g/mol. The van der Waals surface area contributed by atoms with Crippen LogP contribution in [-0.2, 0) is 6.54 Å². The number of hydrogen-bond donors (Lipinski definition) is 2. The van der Waals surface area contributed by atoms with Gasteiger partial charge >= 0.3 is 0 Å². The van der Waals surface area contributed by atoms with Crippen LogP contribution >= 0.6 is 24.0 Å². The summed E-state index contributed by atoms with van der Waals surface area (Å²) in [4.78, 5) is 6.86. The van der Waals surface area contributed by atoms with Gasteiger partial charge in [-0.25, -0.2) is 4.99 Å². The number of rotatable bonds is 8. The van der Waals surface area contributed by atoms with Gasteiger partial charge in [0.05, 0.1) is 20.8 Å². The number of benzene rings is 1. The summed E-state index contributed by atoms with van der Waals surface area (Å²) in [5, 5.41) is 6.68. The van der Waals surface area contributed by atoms with Gasteiger partial charge in [-0.3, -0.25) is 0 Å². The first kappa shape index (κ1) is 23.8. The summed E-state index contributed by atoms with van der Waals surface area (Å²) in [6.45, 7) is 8.58. The summed E-state index contributed by atoms with van der Waals surface area (Å²) in [5.41, 5.74) is 1.05. The standard InChI is InChI=1S/C18H32N4O2.HI/c1-8-19-17(21-13-18(2,3)22(4)5)20-12-14-9-10-15(23-6)11-16(14)24-7;/h9-11H,8,12-13H2,1-7H3,(H2,19,20,21);1H. The molecule has 0 aromatic heterocycles. The normalized spacial score (nSPS) is 11.8. The first-order chi connectivity index (χ1) is 11.3. The van der Waals surface area contributed by atoms with E-state index in [4.69, 9.17) is 9.47 Å². The summed E-state index contributed by atoms with van der Waals surface area (Å²) in [7, 11) is 7.46. The maximum atomic E-state index is 5.43. The molecule has 0 amide bonds. The van der Waals surface area contributed by atoms with Crippen LogP contribution in [0, 0.1) is 0 Å². The third kappa shape index (κ3) is 7.68. The SMILES string of the molecule is CCNC(=NCc1ccc(OC)cc1OC)NCC(C)(C)N(C)C.I. The lowest BCUT2D eigenvalue weighted by molar-refractivity contribution is 0.197. The fourth-order valence-electron chi connectivity index (χ4n) is 1.95. The summed E-state index contributed by atoms with van der Waals surface area (Å²) < 4.78 is 10.7. The highest BCUT2D eigenvalue weighted by atomic mass is 127. The van der Waals surface area contributed by atoms with Crippen LogP contribution in [0.2, 0.25) is 0 Å². The molecule has 0 spiro atoms. The van der Waals surface area contributed by atoms with E-state index in [9.17, 15) is 0 Å². The number of ether oxygens (including phenoxy) is 2. The van der Waals surface area contributed by atoms with Crippen molar-refractivity contribution >= 4 is 29.9 Å². The highest BCUT2D eigenvalue weighted by Gasteiger charge is 2.20. The van der Waals surface area contributed by atoms with Gasteiger partial charge in [0.1, 0.15) is 11.5 Å². The largest absolute Gasteiger partial charge is 0.497 e. The second-order valence-corrected chi connectivity index (χ2v) is 6.43. The molecule has 0 aliphatic heterocycles. The molecule has 1 rings (SSSR count). The van der Waals surface area contributed by atoms with Crippen LogP contribution in [0.25, 0.3) is 0 Å². The van der Waals surface area contributed by atoms with Crippen LogP contribution in [0.1, 0.15) is 26.3 Å². The lowest BCUT2D eigenvalue weighted by Crippen LogP contribution is -2.50. The van der Waals surface area contributed by atoms with Gasteiger partial charge in [0.15, 0.2) is 5.96 Å². The Hall–Kier alpha value is -1.22. The van der Waals surface area contributed by atoms with Crippen molar-refractivity contribution in [3.05, 3.63) is 23.8 Å². The van der Waals surface area contributed by atoms with Gasteiger partial charge in [-0.2, -0.15) is 0 Å². The molecule has 144 valence electrons. The molecule has 0 saturated carbocycles. The van der Waals surface area contributed by atoms with Crippen molar-refractivity contribution in [1.82, 2.24) is 15.5 Å². The van der Waals surface area contributed by atoms with Crippen LogP contribution in [-0.4, -0.2) is 57.8 Å². The molecule has 0 fully saturated rings. The minimum atomic E-state index is 0. The van der Waals surface area contributed by atoms with E-state index in [0.29, 0.717) is 6.54 Å². The number of aliphatic imine (C=N–C) groups is 1. The molecule has 0 atom stereocenters. The quantitative estimate of drug-likeness (QED) is 0.352. The number of methoxy groups -OCH3 is 2. The summed E-state index contributed by atoms with van der Waals surface area (Å²) >= 11 is 0. The Morgan fingerprint density at radius 3 is 2.36 bits per heavy atom. The Bertz CT molecular complexity index is 548. The second kappa shape index (κ2) is 11.4. The van der Waals surface area contributed by atoms with E-state index in [1.54, 1.807) is 14.2 Å². The van der Waals surface area contributed by atoms with Gasteiger partial charge in [0, 0.05) is 30.3 Å². The van der Waals surface area contributed by atoms with Crippen molar-refractivity contribution in [3.8, 4) is 11.5 Å². The number of likely N-dealkylation sites (N-methyl/N-ethyl adjacent to an activating group) is 1. The highest BCUT2D eigenvalue weighted by Crippen LogP contribution is 2.25. The van der Waals surface area contributed by atoms with Crippen molar-refractivity contribution in [2.75, 3.05) is 41.4 Å². The topological polar surface area (TPSA) is 58.1 Å². The van der Waals surface area contributed by atoms with Gasteiger partial charge < -0.3 is 25.0 Å². The zero-order valence-electron chi connectivity index (χ0n) is 16.5. The van der Waals surface area contributed by atoms with E-state index in [0.717, 1.165) is 36.1 Å². The molecular formula is C18H33IN4O2. The van der Waals surface area contributed by atoms with Crippen LogP contribution in [0.5, 0.6) is 11.5 Å². The minimum Gasteiger partial charge on any atom is -0.497 e. The number of nitrogens with zero attached hydrogens (tertiary/aromatic N) is 2. The lowest BCUT2D eigenvalue weighted by atomic mass is 10.0. The first-order valence-corrected chi connectivity index (χ1v) is 8.24. The molecule has 0 unspecified atom stereocenters. The van der Waals surface area contributed by atoms with Crippen LogP contribution in [0.3, 0.4) is 0 Å². The Morgan fingerprint density at radius 1 is 1.16 bits per heavy atom. The fourth-order valence-corrected chi connectivity index (χ4v) is 1.95. The van der Waals surface area contributed by atoms with Crippen molar-refractivity contribution < 1.29 is 9.47 Å². The van der Waals surface area contributed by atoms with Crippen LogP contribution in [0.15, 0.2) is 23.2 Å². The molecule has 2 N–H and O–H groups in total. The Morgan fingerprint density at radius 2 is 1.84 bits per heavy atom. The third-order valence-corrected chi connectivity index (χ3v) is 4.15. The van der Waals surface area contributed by atoms with Gasteiger partial charge in [0.25, 0.3) is 0 Å². The number of halogens is 1. The highest BCUT2D eigenvalue weighted by molar-refractivity contribution is 14.0. The molecule has 0 heterocycles. The van der Waals surface area contributed by atoms with Gasteiger partial charge in [-0.15, -0.1) is 24.0 Å². The molecule has 25 heavy (non-hydrogen) atoms. The van der Waals surface area contributed by atoms with Crippen molar-refractivity contribution in [1.29, 1.82) is 0 Å². The predicted molar refractivity (Wildman–Crippen MR) is 116 cm³/mol. The molecule has 0 radical (unpaired) electrons. The maximum absolute atomic E-state index is 5.43. The van der Waals surface area contributed by atoms with E-state index in [-0.39, 0.29) is 29.5 Å². The monoisotopic (exact) mass is 464 g/mol. The lowest BCUT2D eigenvalue weighted by Gasteiger charge is -2.33. The van der Waals surface area contributed by atoms with Gasteiger partial charge in [-0.1, -0.05) is 0 Å². The van der Waals surface area contributed by atoms with E-state index in [1.165, 1.54) is 0 Å². The molecule has 1 aromatic carbocycles. The van der Waals surface area contributed by atoms with Crippen molar-refractivity contribution in [2.24, 2.45) is 4.99 Å². The van der Waals surface area contributed by atoms with E-state index >= 15 is 0 Å². The number of nitrogens with one attached hydrogen (secondary N) is 2. The zero-order chi connectivity index (χ0) is 18.2. The second-order valence-electron chi connectivity index (χ2n) is 6.43. The molecule has 0 aliphatic rings. The Kier molecular flexibility index (Phi) is 10.8. The molecule has 7 heteroatoms. The average Bonchev–Trinajstić information content (AvgIpc) is 2.57. The number of guanidine groups is 1. The van der Waals surface area contributed by atoms with Crippen molar-refractivity contribution in [3.63, 3.8) is 0 Å². The molecular weight excluding hydrogens is 431 g/mol. The first-order valence-electron chi connectivity index (χ1n) is 8.24. The molecule has 1 aromatic rings. The van der Waals surface area contributed by atoms with E-state index in [1.807, 2.05) is 18.2 Å². The summed E-state index contributed by atoms with van der Waals surface area (Å²) in [5.74, 6) is 2.35. The van der Waals surface area contributed by atoms with Crippen molar-refractivity contribution in [2.45, 2.75) is 32.9 Å². The smallest absolute Gasteiger partial charge is 0.191 e. The van der Waals surface area contributed by atoms with Crippen LogP contribution < -0.4 is 20.1 Å². The van der Waals surface area contributed by atoms with Gasteiger partial charge in [0.2, 0.25) is 0 Å². The Labute approximate surface area is 169 Å². The molecule has 0 aliphatic carbocycles. The van der Waals surface area contributed by atoms with Gasteiger partial charge in [-0.05, 0) is 47.0 Å². The van der Waals surface area contributed by atoms with E-state index in [2.05, 4.69) is 55.4 Å².